The number of amides is 3. The number of benzene rings is 2. The van der Waals surface area contributed by atoms with E-state index in [4.69, 9.17) is 0 Å². The zero-order chi connectivity index (χ0) is 19.8. The van der Waals surface area contributed by atoms with Crippen LogP contribution in [0.15, 0.2) is 48.7 Å². The zero-order valence-electron chi connectivity index (χ0n) is 14.4. The maximum absolute atomic E-state index is 13.8. The predicted octanol–water partition coefficient (Wildman–Crippen LogP) is 3.14. The molecule has 0 radical (unpaired) electrons. The molecule has 0 bridgehead atoms. The minimum atomic E-state index is -0.836. The number of halogens is 2. The van der Waals surface area contributed by atoms with E-state index in [9.17, 15) is 23.2 Å². The largest absolute Gasteiger partial charge is 0.325 e. The van der Waals surface area contributed by atoms with Crippen molar-refractivity contribution in [2.45, 2.75) is 6.42 Å². The molecule has 1 N–H and O–H groups in total. The van der Waals surface area contributed by atoms with Crippen molar-refractivity contribution in [2.24, 2.45) is 0 Å². The van der Waals surface area contributed by atoms with Crippen molar-refractivity contribution in [1.82, 2.24) is 9.88 Å². The van der Waals surface area contributed by atoms with Gasteiger partial charge in [-0.15, -0.1) is 0 Å². The van der Waals surface area contributed by atoms with Crippen LogP contribution >= 0.6 is 0 Å². The summed E-state index contributed by atoms with van der Waals surface area (Å²) < 4.78 is 27.4. The Bertz CT molecular complexity index is 1110. The highest BCUT2D eigenvalue weighted by Gasteiger charge is 2.34. The fraction of sp³-hybridized carbons (Fsp3) is 0.100. The molecular weight excluding hydrogens is 368 g/mol. The molecule has 0 fully saturated rings. The van der Waals surface area contributed by atoms with E-state index in [-0.39, 0.29) is 29.6 Å². The molecule has 3 amide bonds. The van der Waals surface area contributed by atoms with Crippen molar-refractivity contribution in [3.8, 4) is 0 Å². The van der Waals surface area contributed by atoms with Crippen LogP contribution in [0.3, 0.4) is 0 Å². The Morgan fingerprint density at radius 3 is 2.39 bits per heavy atom. The Balaban J connectivity index is 1.49. The summed E-state index contributed by atoms with van der Waals surface area (Å²) in [5.41, 5.74) is 0.730. The number of imide groups is 1. The highest BCUT2D eigenvalue weighted by Crippen LogP contribution is 2.26. The lowest BCUT2D eigenvalue weighted by Crippen LogP contribution is -2.32. The number of anilines is 1. The van der Waals surface area contributed by atoms with Gasteiger partial charge in [0.15, 0.2) is 5.82 Å². The molecule has 1 aromatic heterocycles. The normalized spacial score (nSPS) is 13.1. The monoisotopic (exact) mass is 381 g/mol. The lowest BCUT2D eigenvalue weighted by atomic mass is 10.1. The number of pyridine rings is 1. The van der Waals surface area contributed by atoms with Gasteiger partial charge in [0.25, 0.3) is 11.8 Å². The highest BCUT2D eigenvalue weighted by molar-refractivity contribution is 6.21. The van der Waals surface area contributed by atoms with Crippen molar-refractivity contribution in [3.63, 3.8) is 0 Å². The van der Waals surface area contributed by atoms with Crippen LogP contribution < -0.4 is 5.32 Å². The third-order valence-electron chi connectivity index (χ3n) is 4.48. The first-order valence-electron chi connectivity index (χ1n) is 8.44. The van der Waals surface area contributed by atoms with Gasteiger partial charge in [-0.05, 0) is 24.3 Å². The molecule has 6 nitrogen and oxygen atoms in total. The maximum atomic E-state index is 13.8. The predicted molar refractivity (Wildman–Crippen MR) is 96.7 cm³/mol. The van der Waals surface area contributed by atoms with E-state index >= 15 is 0 Å². The van der Waals surface area contributed by atoms with Gasteiger partial charge >= 0.3 is 0 Å². The molecule has 1 aliphatic heterocycles. The van der Waals surface area contributed by atoms with Crippen molar-refractivity contribution in [1.29, 1.82) is 0 Å². The van der Waals surface area contributed by atoms with Crippen LogP contribution in [-0.4, -0.2) is 34.2 Å². The molecule has 0 saturated heterocycles. The van der Waals surface area contributed by atoms with Gasteiger partial charge in [-0.3, -0.25) is 24.3 Å². The third-order valence-corrected chi connectivity index (χ3v) is 4.48. The second kappa shape index (κ2) is 6.80. The molecule has 0 unspecified atom stereocenters. The Kier molecular flexibility index (Phi) is 4.31. The van der Waals surface area contributed by atoms with Crippen molar-refractivity contribution in [2.75, 3.05) is 11.9 Å². The van der Waals surface area contributed by atoms with Crippen molar-refractivity contribution < 1.29 is 23.2 Å². The molecular formula is C20H13F2N3O3. The second-order valence-corrected chi connectivity index (χ2v) is 6.25. The Hall–Kier alpha value is -3.68. The van der Waals surface area contributed by atoms with Crippen LogP contribution in [0.25, 0.3) is 10.9 Å². The fourth-order valence-corrected chi connectivity index (χ4v) is 3.16. The van der Waals surface area contributed by atoms with Gasteiger partial charge in [0.2, 0.25) is 5.91 Å². The number of hydrogen-bond acceptors (Lipinski definition) is 4. The summed E-state index contributed by atoms with van der Waals surface area (Å²) in [4.78, 5) is 41.8. The summed E-state index contributed by atoms with van der Waals surface area (Å²) in [5, 5.41) is 2.67. The Morgan fingerprint density at radius 1 is 1.04 bits per heavy atom. The highest BCUT2D eigenvalue weighted by atomic mass is 19.1. The van der Waals surface area contributed by atoms with E-state index in [2.05, 4.69) is 10.3 Å². The number of carbonyl (C=O) groups excluding carboxylic acids is 3. The third kappa shape index (κ3) is 2.98. The molecule has 3 aromatic rings. The van der Waals surface area contributed by atoms with Gasteiger partial charge in [0, 0.05) is 30.6 Å². The number of carbonyl (C=O) groups is 3. The minimum absolute atomic E-state index is 0.0699. The first kappa shape index (κ1) is 17.7. The van der Waals surface area contributed by atoms with Gasteiger partial charge in [0.05, 0.1) is 16.8 Å². The van der Waals surface area contributed by atoms with Crippen LogP contribution in [0, 0.1) is 11.6 Å². The summed E-state index contributed by atoms with van der Waals surface area (Å²) in [7, 11) is 0. The average molecular weight is 381 g/mol. The summed E-state index contributed by atoms with van der Waals surface area (Å²) in [6.45, 7) is -0.107. The van der Waals surface area contributed by atoms with E-state index < -0.39 is 29.4 Å². The zero-order valence-corrected chi connectivity index (χ0v) is 14.4. The second-order valence-electron chi connectivity index (χ2n) is 6.25. The topological polar surface area (TPSA) is 79.4 Å². The first-order valence-corrected chi connectivity index (χ1v) is 8.44. The van der Waals surface area contributed by atoms with Crippen molar-refractivity contribution in [3.05, 3.63) is 71.4 Å². The lowest BCUT2D eigenvalue weighted by molar-refractivity contribution is -0.116. The minimum Gasteiger partial charge on any atom is -0.325 e. The van der Waals surface area contributed by atoms with Gasteiger partial charge < -0.3 is 5.32 Å². The number of nitrogens with one attached hydrogen (secondary N) is 1. The smallest absolute Gasteiger partial charge is 0.261 e. The SMILES string of the molecule is O=C(CCN1C(=O)c2ccccc2C1=O)Nc1ccnc2c(F)cc(F)cc12. The summed E-state index contributed by atoms with van der Waals surface area (Å²) in [5.74, 6) is -3.04. The Morgan fingerprint density at radius 2 is 1.71 bits per heavy atom. The molecule has 2 aromatic carbocycles. The van der Waals surface area contributed by atoms with E-state index in [1.807, 2.05) is 0 Å². The quantitative estimate of drug-likeness (QED) is 0.704. The molecule has 0 saturated carbocycles. The molecule has 8 heteroatoms. The first-order chi connectivity index (χ1) is 13.5. The van der Waals surface area contributed by atoms with E-state index in [1.54, 1.807) is 24.3 Å². The Labute approximate surface area is 157 Å². The number of fused-ring (bicyclic) bond motifs is 2. The molecule has 4 rings (SSSR count). The van der Waals surface area contributed by atoms with Crippen LogP contribution in [0.4, 0.5) is 14.5 Å². The van der Waals surface area contributed by atoms with Crippen LogP contribution in [0.5, 0.6) is 0 Å². The lowest BCUT2D eigenvalue weighted by Gasteiger charge is -2.14. The van der Waals surface area contributed by atoms with Gasteiger partial charge in [-0.2, -0.15) is 0 Å². The van der Waals surface area contributed by atoms with E-state index in [0.717, 1.165) is 11.0 Å². The summed E-state index contributed by atoms with van der Waals surface area (Å²) >= 11 is 0. The van der Waals surface area contributed by atoms with Crippen molar-refractivity contribution >= 4 is 34.3 Å². The molecule has 0 atom stereocenters. The molecule has 0 spiro atoms. The maximum Gasteiger partial charge on any atom is 0.261 e. The summed E-state index contributed by atoms with van der Waals surface area (Å²) in [6.07, 6.45) is 1.14. The molecule has 28 heavy (non-hydrogen) atoms. The number of rotatable bonds is 4. The van der Waals surface area contributed by atoms with Gasteiger partial charge in [-0.25, -0.2) is 8.78 Å². The summed E-state index contributed by atoms with van der Waals surface area (Å²) in [6, 6.07) is 9.64. The van der Waals surface area contributed by atoms with E-state index in [0.29, 0.717) is 17.2 Å². The van der Waals surface area contributed by atoms with Crippen LogP contribution in [0.2, 0.25) is 0 Å². The van der Waals surface area contributed by atoms with Crippen LogP contribution in [0.1, 0.15) is 27.1 Å². The van der Waals surface area contributed by atoms with E-state index in [1.165, 1.54) is 12.3 Å². The molecule has 1 aliphatic rings. The average Bonchev–Trinajstić information content (AvgIpc) is 2.91. The standard InChI is InChI=1S/C20H13F2N3O3/c21-11-9-14-16(5-7-23-18(14)15(22)10-11)24-17(26)6-8-25-19(27)12-3-1-2-4-13(12)20(25)28/h1-5,7,9-10H,6,8H2,(H,23,24,26). The number of nitrogens with zero attached hydrogens (tertiary/aromatic N) is 2. The van der Waals surface area contributed by atoms with Crippen LogP contribution in [-0.2, 0) is 4.79 Å². The number of aromatic nitrogens is 1. The van der Waals surface area contributed by atoms with Gasteiger partial charge in [-0.1, -0.05) is 12.1 Å². The van der Waals surface area contributed by atoms with Gasteiger partial charge in [0.1, 0.15) is 11.3 Å². The number of hydrogen-bond donors (Lipinski definition) is 1. The molecule has 140 valence electrons. The molecule has 2 heterocycles. The molecule has 0 aliphatic carbocycles. The fourth-order valence-electron chi connectivity index (χ4n) is 3.16.